The number of hydrazone groups is 1. The summed E-state index contributed by atoms with van der Waals surface area (Å²) in [6.07, 6.45) is 3.85. The molecule has 1 N–H and O–H groups in total. The van der Waals surface area contributed by atoms with Gasteiger partial charge >= 0.3 is 0 Å². The molecule has 0 fully saturated rings. The van der Waals surface area contributed by atoms with Gasteiger partial charge in [0.2, 0.25) is 17.6 Å². The fraction of sp³-hybridized carbons (Fsp3) is 0.238. The Morgan fingerprint density at radius 1 is 1.13 bits per heavy atom. The van der Waals surface area contributed by atoms with Crippen molar-refractivity contribution in [1.82, 2.24) is 20.1 Å². The summed E-state index contributed by atoms with van der Waals surface area (Å²) >= 11 is 0. The van der Waals surface area contributed by atoms with Crippen LogP contribution in [0.5, 0.6) is 0 Å². The SMILES string of the molecule is Cc1cc(C)cc(NC(=O)CN2N=C(c3nc(-c4ccncc4)no3)CCC2=O)c1. The maximum Gasteiger partial charge on any atom is 0.274 e. The van der Waals surface area contributed by atoms with Crippen LogP contribution in [0.3, 0.4) is 0 Å². The molecule has 0 bridgehead atoms. The van der Waals surface area contributed by atoms with Gasteiger partial charge in [0.05, 0.1) is 0 Å². The van der Waals surface area contributed by atoms with E-state index in [0.29, 0.717) is 23.6 Å². The van der Waals surface area contributed by atoms with Crippen molar-refractivity contribution in [2.45, 2.75) is 26.7 Å². The number of amides is 2. The molecule has 0 radical (unpaired) electrons. The van der Waals surface area contributed by atoms with Gasteiger partial charge in [-0.25, -0.2) is 5.01 Å². The summed E-state index contributed by atoms with van der Waals surface area (Å²) < 4.78 is 5.32. The molecule has 0 unspecified atom stereocenters. The average Bonchev–Trinajstić information content (AvgIpc) is 3.20. The third-order valence-electron chi connectivity index (χ3n) is 4.52. The number of carbonyl (C=O) groups is 2. The predicted molar refractivity (Wildman–Crippen MR) is 110 cm³/mol. The van der Waals surface area contributed by atoms with Gasteiger partial charge in [-0.2, -0.15) is 10.1 Å². The van der Waals surface area contributed by atoms with Gasteiger partial charge in [0.15, 0.2) is 0 Å². The lowest BCUT2D eigenvalue weighted by Gasteiger charge is -2.21. The van der Waals surface area contributed by atoms with Crippen LogP contribution in [0.15, 0.2) is 52.4 Å². The molecule has 0 atom stereocenters. The van der Waals surface area contributed by atoms with Gasteiger partial charge in [-0.1, -0.05) is 11.2 Å². The summed E-state index contributed by atoms with van der Waals surface area (Å²) in [5.74, 6) is 0.0738. The maximum atomic E-state index is 12.4. The number of rotatable bonds is 5. The van der Waals surface area contributed by atoms with Gasteiger partial charge in [0.25, 0.3) is 5.89 Å². The first-order valence-electron chi connectivity index (χ1n) is 9.48. The number of pyridine rings is 1. The van der Waals surface area contributed by atoms with Gasteiger partial charge in [-0.3, -0.25) is 14.6 Å². The van der Waals surface area contributed by atoms with Crippen LogP contribution in [-0.4, -0.2) is 44.2 Å². The third-order valence-corrected chi connectivity index (χ3v) is 4.52. The Hall–Kier alpha value is -3.88. The second-order valence-corrected chi connectivity index (χ2v) is 7.08. The van der Waals surface area contributed by atoms with Gasteiger partial charge in [-0.05, 0) is 49.2 Å². The molecule has 3 aromatic rings. The molecule has 2 amide bonds. The number of aryl methyl sites for hydroxylation is 2. The van der Waals surface area contributed by atoms with E-state index >= 15 is 0 Å². The van der Waals surface area contributed by atoms with Crippen LogP contribution in [0.25, 0.3) is 11.4 Å². The van der Waals surface area contributed by atoms with Gasteiger partial charge in [0.1, 0.15) is 12.3 Å². The molecule has 0 aliphatic carbocycles. The molecule has 1 aromatic carbocycles. The van der Waals surface area contributed by atoms with Crippen molar-refractivity contribution < 1.29 is 14.1 Å². The zero-order chi connectivity index (χ0) is 21.1. The number of carbonyl (C=O) groups excluding carboxylic acids is 2. The minimum Gasteiger partial charge on any atom is -0.332 e. The lowest BCUT2D eigenvalue weighted by molar-refractivity contribution is -0.135. The highest BCUT2D eigenvalue weighted by Crippen LogP contribution is 2.19. The summed E-state index contributed by atoms with van der Waals surface area (Å²) in [4.78, 5) is 33.0. The van der Waals surface area contributed by atoms with Crippen molar-refractivity contribution in [3.05, 3.63) is 59.7 Å². The molecule has 9 nitrogen and oxygen atoms in total. The van der Waals surface area contributed by atoms with Gasteiger partial charge < -0.3 is 9.84 Å². The molecule has 0 saturated carbocycles. The largest absolute Gasteiger partial charge is 0.332 e. The van der Waals surface area contributed by atoms with E-state index in [1.165, 1.54) is 0 Å². The zero-order valence-corrected chi connectivity index (χ0v) is 16.6. The molecule has 4 rings (SSSR count). The van der Waals surface area contributed by atoms with Crippen molar-refractivity contribution in [3.63, 3.8) is 0 Å². The van der Waals surface area contributed by atoms with Crippen LogP contribution in [0.1, 0.15) is 29.9 Å². The highest BCUT2D eigenvalue weighted by Gasteiger charge is 2.26. The minimum absolute atomic E-state index is 0.194. The fourth-order valence-electron chi connectivity index (χ4n) is 3.22. The lowest BCUT2D eigenvalue weighted by Crippen LogP contribution is -2.38. The minimum atomic E-state index is -0.332. The van der Waals surface area contributed by atoms with Gasteiger partial charge in [0, 0.05) is 36.5 Å². The van der Waals surface area contributed by atoms with E-state index < -0.39 is 0 Å². The number of hydrogen-bond donors (Lipinski definition) is 1. The smallest absolute Gasteiger partial charge is 0.274 e. The predicted octanol–water partition coefficient (Wildman–Crippen LogP) is 2.71. The first-order chi connectivity index (χ1) is 14.5. The summed E-state index contributed by atoms with van der Waals surface area (Å²) in [5, 5.41) is 12.2. The number of benzene rings is 1. The molecule has 9 heteroatoms. The molecule has 0 spiro atoms. The molecule has 0 saturated heterocycles. The van der Waals surface area contributed by atoms with E-state index in [-0.39, 0.29) is 30.7 Å². The van der Waals surface area contributed by atoms with Crippen LogP contribution < -0.4 is 5.32 Å². The van der Waals surface area contributed by atoms with E-state index in [1.807, 2.05) is 32.0 Å². The Balaban J connectivity index is 1.48. The second-order valence-electron chi connectivity index (χ2n) is 7.08. The van der Waals surface area contributed by atoms with Crippen molar-refractivity contribution in [2.24, 2.45) is 5.10 Å². The van der Waals surface area contributed by atoms with Gasteiger partial charge in [-0.15, -0.1) is 0 Å². The summed E-state index contributed by atoms with van der Waals surface area (Å²) in [6, 6.07) is 9.30. The van der Waals surface area contributed by atoms with E-state index in [4.69, 9.17) is 4.52 Å². The van der Waals surface area contributed by atoms with E-state index in [9.17, 15) is 9.59 Å². The third kappa shape index (κ3) is 4.40. The molecule has 2 aromatic heterocycles. The molecular formula is C21H20N6O3. The number of aromatic nitrogens is 3. The normalized spacial score (nSPS) is 13.9. The van der Waals surface area contributed by atoms with Crippen LogP contribution in [0.2, 0.25) is 0 Å². The standard InChI is InChI=1S/C21H20N6O3/c1-13-9-14(2)11-16(10-13)23-18(28)12-27-19(29)4-3-17(25-27)21-24-20(26-30-21)15-5-7-22-8-6-15/h5-11H,3-4,12H2,1-2H3,(H,23,28). The first kappa shape index (κ1) is 19.4. The Morgan fingerprint density at radius 2 is 1.87 bits per heavy atom. The number of anilines is 1. The summed E-state index contributed by atoms with van der Waals surface area (Å²) in [5.41, 5.74) is 4.01. The molecule has 152 valence electrons. The summed E-state index contributed by atoms with van der Waals surface area (Å²) in [7, 11) is 0. The Kier molecular flexibility index (Phi) is 5.34. The first-order valence-corrected chi connectivity index (χ1v) is 9.48. The fourth-order valence-corrected chi connectivity index (χ4v) is 3.22. The van der Waals surface area contributed by atoms with Crippen LogP contribution in [-0.2, 0) is 9.59 Å². The van der Waals surface area contributed by atoms with E-state index in [2.05, 4.69) is 25.5 Å². The van der Waals surface area contributed by atoms with Crippen LogP contribution in [0.4, 0.5) is 5.69 Å². The van der Waals surface area contributed by atoms with Crippen molar-refractivity contribution in [3.8, 4) is 11.4 Å². The molecular weight excluding hydrogens is 384 g/mol. The second kappa shape index (κ2) is 8.24. The Morgan fingerprint density at radius 3 is 2.60 bits per heavy atom. The Labute approximate surface area is 172 Å². The Bertz CT molecular complexity index is 1100. The topological polar surface area (TPSA) is 114 Å². The number of nitrogens with one attached hydrogen (secondary N) is 1. The number of hydrogen-bond acceptors (Lipinski definition) is 7. The molecule has 1 aliphatic rings. The monoisotopic (exact) mass is 404 g/mol. The van der Waals surface area contributed by atoms with Crippen molar-refractivity contribution in [2.75, 3.05) is 11.9 Å². The molecule has 3 heterocycles. The maximum absolute atomic E-state index is 12.4. The van der Waals surface area contributed by atoms with E-state index in [0.717, 1.165) is 21.7 Å². The highest BCUT2D eigenvalue weighted by molar-refractivity contribution is 6.02. The van der Waals surface area contributed by atoms with Crippen molar-refractivity contribution in [1.29, 1.82) is 0 Å². The average molecular weight is 404 g/mol. The number of nitrogens with zero attached hydrogens (tertiary/aromatic N) is 5. The van der Waals surface area contributed by atoms with E-state index in [1.54, 1.807) is 24.5 Å². The highest BCUT2D eigenvalue weighted by atomic mass is 16.5. The quantitative estimate of drug-likeness (QED) is 0.699. The lowest BCUT2D eigenvalue weighted by atomic mass is 10.1. The van der Waals surface area contributed by atoms with Crippen molar-refractivity contribution >= 4 is 23.2 Å². The van der Waals surface area contributed by atoms with Crippen LogP contribution >= 0.6 is 0 Å². The zero-order valence-electron chi connectivity index (χ0n) is 16.6. The van der Waals surface area contributed by atoms with Crippen LogP contribution in [0, 0.1) is 13.8 Å². The molecule has 30 heavy (non-hydrogen) atoms. The molecule has 1 aliphatic heterocycles. The summed E-state index contributed by atoms with van der Waals surface area (Å²) in [6.45, 7) is 3.72.